The summed E-state index contributed by atoms with van der Waals surface area (Å²) in [7, 11) is 0. The van der Waals surface area contributed by atoms with Crippen LogP contribution in [0, 0.1) is 11.8 Å². The molecule has 0 saturated carbocycles. The van der Waals surface area contributed by atoms with E-state index in [0.29, 0.717) is 18.0 Å². The van der Waals surface area contributed by atoms with E-state index in [9.17, 15) is 4.79 Å². The molecule has 200 valence electrons. The number of rotatable bonds is 20. The first kappa shape index (κ1) is 29.7. The Morgan fingerprint density at radius 3 is 1.62 bits per heavy atom. The van der Waals surface area contributed by atoms with Gasteiger partial charge >= 0.3 is 0 Å². The average molecular weight is 477 g/mol. The Morgan fingerprint density at radius 1 is 0.647 bits per heavy atom. The van der Waals surface area contributed by atoms with E-state index >= 15 is 0 Å². The predicted molar refractivity (Wildman–Crippen MR) is 148 cm³/mol. The Balaban J connectivity index is 1.79. The molecule has 3 nitrogen and oxygen atoms in total. The molecule has 1 amide bonds. The minimum Gasteiger partial charge on any atom is -0.334 e. The second-order valence-electron chi connectivity index (χ2n) is 11.7. The maximum absolute atomic E-state index is 13.7. The smallest absolute Gasteiger partial charge is 0.226 e. The van der Waals surface area contributed by atoms with Crippen LogP contribution in [0.3, 0.4) is 0 Å². The number of unbranched alkanes of at least 4 members (excludes halogenated alkanes) is 7. The molecule has 34 heavy (non-hydrogen) atoms. The molecule has 0 aliphatic carbocycles. The largest absolute Gasteiger partial charge is 0.334 e. The maximum Gasteiger partial charge on any atom is 0.226 e. The Bertz CT molecular complexity index is 490. The van der Waals surface area contributed by atoms with Crippen molar-refractivity contribution in [2.24, 2.45) is 11.8 Å². The van der Waals surface area contributed by atoms with Crippen LogP contribution in [-0.2, 0) is 4.79 Å². The van der Waals surface area contributed by atoms with Crippen LogP contribution in [0.15, 0.2) is 0 Å². The van der Waals surface area contributed by atoms with E-state index in [4.69, 9.17) is 0 Å². The van der Waals surface area contributed by atoms with Gasteiger partial charge in [-0.25, -0.2) is 0 Å². The topological polar surface area (TPSA) is 23.6 Å². The maximum atomic E-state index is 13.7. The third kappa shape index (κ3) is 10.2. The summed E-state index contributed by atoms with van der Waals surface area (Å²) in [4.78, 5) is 18.8. The number of fused-ring (bicyclic) bond motifs is 2. The van der Waals surface area contributed by atoms with Crippen molar-refractivity contribution in [3.05, 3.63) is 0 Å². The highest BCUT2D eigenvalue weighted by Gasteiger charge is 2.43. The molecule has 0 aromatic carbocycles. The lowest BCUT2D eigenvalue weighted by atomic mass is 9.91. The third-order valence-electron chi connectivity index (χ3n) is 8.74. The predicted octanol–water partition coefficient (Wildman–Crippen LogP) is 8.61. The normalized spacial score (nSPS) is 20.7. The lowest BCUT2D eigenvalue weighted by Crippen LogP contribution is -2.57. The van der Waals surface area contributed by atoms with Crippen molar-refractivity contribution in [1.29, 1.82) is 0 Å². The van der Waals surface area contributed by atoms with E-state index in [-0.39, 0.29) is 5.92 Å². The summed E-state index contributed by atoms with van der Waals surface area (Å²) in [5.41, 5.74) is 0. The SMILES string of the molecule is CCCCCC(CCCCC)C(=O)N1[C@@H]2CC[C@H]1CN(CCCCC(CCCC)CCCC)C2. The van der Waals surface area contributed by atoms with Gasteiger partial charge in [-0.15, -0.1) is 0 Å². The van der Waals surface area contributed by atoms with Gasteiger partial charge in [-0.2, -0.15) is 0 Å². The quantitative estimate of drug-likeness (QED) is 0.164. The fraction of sp³-hybridized carbons (Fsp3) is 0.968. The van der Waals surface area contributed by atoms with E-state index in [1.807, 2.05) is 0 Å². The number of carbonyl (C=O) groups is 1. The first-order valence-corrected chi connectivity index (χ1v) is 15.7. The van der Waals surface area contributed by atoms with Crippen LogP contribution in [0.25, 0.3) is 0 Å². The summed E-state index contributed by atoms with van der Waals surface area (Å²) in [6.07, 6.45) is 24.8. The molecular formula is C31H60N2O. The Morgan fingerprint density at radius 2 is 1.12 bits per heavy atom. The molecule has 0 aromatic heterocycles. The van der Waals surface area contributed by atoms with Gasteiger partial charge in [0.05, 0.1) is 0 Å². The van der Waals surface area contributed by atoms with E-state index in [0.717, 1.165) is 31.8 Å². The fourth-order valence-electron chi connectivity index (χ4n) is 6.60. The van der Waals surface area contributed by atoms with E-state index in [1.54, 1.807) is 0 Å². The third-order valence-corrected chi connectivity index (χ3v) is 8.74. The van der Waals surface area contributed by atoms with E-state index < -0.39 is 0 Å². The molecule has 0 unspecified atom stereocenters. The van der Waals surface area contributed by atoms with Gasteiger partial charge in [-0.05, 0) is 44.6 Å². The number of carbonyl (C=O) groups excluding carboxylic acids is 1. The molecule has 2 aliphatic heterocycles. The number of hydrogen-bond acceptors (Lipinski definition) is 2. The molecule has 2 heterocycles. The number of likely N-dealkylation sites (tertiary alicyclic amines) is 1. The molecular weight excluding hydrogens is 416 g/mol. The van der Waals surface area contributed by atoms with Gasteiger partial charge in [0.15, 0.2) is 0 Å². The molecule has 2 rings (SSSR count). The minimum absolute atomic E-state index is 0.288. The fourth-order valence-corrected chi connectivity index (χ4v) is 6.60. The molecule has 0 radical (unpaired) electrons. The molecule has 2 aliphatic rings. The van der Waals surface area contributed by atoms with Gasteiger partial charge < -0.3 is 4.90 Å². The van der Waals surface area contributed by atoms with Crippen LogP contribution in [0.4, 0.5) is 0 Å². The Hall–Kier alpha value is -0.570. The van der Waals surface area contributed by atoms with Crippen LogP contribution in [0.5, 0.6) is 0 Å². The van der Waals surface area contributed by atoms with Gasteiger partial charge in [-0.1, -0.05) is 118 Å². The first-order chi connectivity index (χ1) is 16.6. The van der Waals surface area contributed by atoms with Gasteiger partial charge in [0, 0.05) is 31.1 Å². The van der Waals surface area contributed by atoms with Gasteiger partial charge in [0.25, 0.3) is 0 Å². The molecule has 0 spiro atoms. The lowest BCUT2D eigenvalue weighted by molar-refractivity contribution is -0.142. The standard InChI is InChI=1S/C31H60N2O/c1-5-9-13-20-28(21-14-10-6-2)31(34)33-29-22-23-30(33)26-32(25-29)24-16-15-19-27(17-11-7-3)18-12-8-4/h27-30H,5-26H2,1-4H3/t29-,30+. The first-order valence-electron chi connectivity index (χ1n) is 15.7. The van der Waals surface area contributed by atoms with Crippen molar-refractivity contribution in [3.8, 4) is 0 Å². The number of nitrogens with zero attached hydrogens (tertiary/aromatic N) is 2. The Labute approximate surface area is 213 Å². The Kier molecular flexibility index (Phi) is 15.5. The second kappa shape index (κ2) is 17.8. The number of amides is 1. The second-order valence-corrected chi connectivity index (χ2v) is 11.7. The van der Waals surface area contributed by atoms with Gasteiger partial charge in [0.2, 0.25) is 5.91 Å². The van der Waals surface area contributed by atoms with Crippen molar-refractivity contribution in [2.45, 2.75) is 162 Å². The highest BCUT2D eigenvalue weighted by molar-refractivity contribution is 5.80. The zero-order valence-corrected chi connectivity index (χ0v) is 23.7. The van der Waals surface area contributed by atoms with Crippen molar-refractivity contribution < 1.29 is 4.79 Å². The van der Waals surface area contributed by atoms with Gasteiger partial charge in [0.1, 0.15) is 0 Å². The molecule has 0 N–H and O–H groups in total. The summed E-state index contributed by atoms with van der Waals surface area (Å²) in [6.45, 7) is 12.7. The summed E-state index contributed by atoms with van der Waals surface area (Å²) in [5, 5.41) is 0. The monoisotopic (exact) mass is 476 g/mol. The molecule has 2 saturated heterocycles. The lowest BCUT2D eigenvalue weighted by Gasteiger charge is -2.42. The highest BCUT2D eigenvalue weighted by Crippen LogP contribution is 2.34. The van der Waals surface area contributed by atoms with Crippen molar-refractivity contribution in [2.75, 3.05) is 19.6 Å². The molecule has 2 fully saturated rings. The van der Waals surface area contributed by atoms with Crippen molar-refractivity contribution >= 4 is 5.91 Å². The number of piperazine rings is 1. The van der Waals surface area contributed by atoms with E-state index in [1.165, 1.54) is 116 Å². The van der Waals surface area contributed by atoms with Crippen molar-refractivity contribution in [1.82, 2.24) is 9.80 Å². The molecule has 0 aromatic rings. The summed E-state index contributed by atoms with van der Waals surface area (Å²) in [6, 6.07) is 0.987. The van der Waals surface area contributed by atoms with Crippen LogP contribution in [0.1, 0.15) is 150 Å². The van der Waals surface area contributed by atoms with Crippen LogP contribution < -0.4 is 0 Å². The molecule has 3 heteroatoms. The average Bonchev–Trinajstić information content (AvgIpc) is 3.11. The summed E-state index contributed by atoms with van der Waals surface area (Å²) in [5.74, 6) is 1.77. The number of hydrogen-bond donors (Lipinski definition) is 0. The highest BCUT2D eigenvalue weighted by atomic mass is 16.2. The minimum atomic E-state index is 0.288. The van der Waals surface area contributed by atoms with Crippen LogP contribution in [0.2, 0.25) is 0 Å². The van der Waals surface area contributed by atoms with Gasteiger partial charge in [-0.3, -0.25) is 9.69 Å². The molecule has 2 bridgehead atoms. The zero-order chi connectivity index (χ0) is 24.6. The summed E-state index contributed by atoms with van der Waals surface area (Å²) < 4.78 is 0. The van der Waals surface area contributed by atoms with E-state index in [2.05, 4.69) is 37.5 Å². The van der Waals surface area contributed by atoms with Crippen LogP contribution >= 0.6 is 0 Å². The van der Waals surface area contributed by atoms with Crippen molar-refractivity contribution in [3.63, 3.8) is 0 Å². The zero-order valence-electron chi connectivity index (χ0n) is 23.7. The summed E-state index contributed by atoms with van der Waals surface area (Å²) >= 11 is 0. The van der Waals surface area contributed by atoms with Crippen LogP contribution in [-0.4, -0.2) is 47.4 Å². The molecule has 2 atom stereocenters.